The Morgan fingerprint density at radius 3 is 2.93 bits per heavy atom. The Kier molecular flexibility index (Phi) is 4.63. The summed E-state index contributed by atoms with van der Waals surface area (Å²) in [6.07, 6.45) is 5.65. The molecule has 29 heavy (non-hydrogen) atoms. The number of ether oxygens (including phenoxy) is 1. The van der Waals surface area contributed by atoms with Crippen molar-refractivity contribution in [3.63, 3.8) is 0 Å². The first kappa shape index (κ1) is 18.7. The maximum atomic E-state index is 12.6. The Bertz CT molecular complexity index is 977. The summed E-state index contributed by atoms with van der Waals surface area (Å²) in [6.45, 7) is 1.91. The minimum atomic E-state index is -0.548. The van der Waals surface area contributed by atoms with Gasteiger partial charge in [-0.3, -0.25) is 4.79 Å². The third kappa shape index (κ3) is 3.24. The number of nitrogens with one attached hydrogen (secondary N) is 3. The van der Waals surface area contributed by atoms with Crippen LogP contribution in [0.3, 0.4) is 0 Å². The van der Waals surface area contributed by atoms with Crippen LogP contribution in [0.1, 0.15) is 54.8 Å². The molecule has 1 spiro atoms. The Hall–Kier alpha value is -2.32. The molecule has 1 aromatic heterocycles. The average Bonchev–Trinajstić information content (AvgIpc) is 3.36. The first-order valence-electron chi connectivity index (χ1n) is 10.1. The number of carbonyl (C=O) groups excluding carboxylic acids is 2. The minimum absolute atomic E-state index is 0.00578. The van der Waals surface area contributed by atoms with Crippen molar-refractivity contribution >= 4 is 40.3 Å². The summed E-state index contributed by atoms with van der Waals surface area (Å²) in [5, 5.41) is 9.19. The highest BCUT2D eigenvalue weighted by molar-refractivity contribution is 6.35. The number of nitrogens with zero attached hydrogens (tertiary/aromatic N) is 1. The maximum absolute atomic E-state index is 12.6. The first-order valence-corrected chi connectivity index (χ1v) is 10.5. The fourth-order valence-electron chi connectivity index (χ4n) is 4.72. The summed E-state index contributed by atoms with van der Waals surface area (Å²) < 4.78 is 11.3. The molecule has 2 aliphatic heterocycles. The zero-order valence-corrected chi connectivity index (χ0v) is 16.7. The number of urea groups is 1. The van der Waals surface area contributed by atoms with Gasteiger partial charge in [-0.25, -0.2) is 9.78 Å². The van der Waals surface area contributed by atoms with E-state index in [4.69, 9.17) is 20.8 Å². The van der Waals surface area contributed by atoms with Crippen LogP contribution in [0.5, 0.6) is 0 Å². The number of oxazole rings is 1. The predicted octanol–water partition coefficient (Wildman–Crippen LogP) is 3.54. The Balaban J connectivity index is 1.53. The van der Waals surface area contributed by atoms with Crippen LogP contribution in [-0.2, 0) is 10.3 Å². The Morgan fingerprint density at radius 1 is 1.34 bits per heavy atom. The number of amides is 3. The SMILES string of the molecule is O=C1Nc2c(Cl)cc3nc(C(=O)NC[C@@H]4CCOC4)oc3c2C2(CCCCC2)N1. The highest BCUT2D eigenvalue weighted by atomic mass is 35.5. The highest BCUT2D eigenvalue weighted by Crippen LogP contribution is 2.48. The number of halogens is 1. The summed E-state index contributed by atoms with van der Waals surface area (Å²) in [6, 6.07) is 1.38. The van der Waals surface area contributed by atoms with E-state index in [1.807, 2.05) is 0 Å². The molecule has 0 bridgehead atoms. The van der Waals surface area contributed by atoms with Crippen molar-refractivity contribution in [3.8, 4) is 0 Å². The van der Waals surface area contributed by atoms with Crippen molar-refractivity contribution in [2.45, 2.75) is 44.1 Å². The predicted molar refractivity (Wildman–Crippen MR) is 107 cm³/mol. The van der Waals surface area contributed by atoms with Crippen molar-refractivity contribution in [1.82, 2.24) is 15.6 Å². The van der Waals surface area contributed by atoms with E-state index in [2.05, 4.69) is 20.9 Å². The molecule has 3 N–H and O–H groups in total. The molecule has 3 heterocycles. The van der Waals surface area contributed by atoms with Crippen molar-refractivity contribution in [3.05, 3.63) is 22.5 Å². The normalized spacial score (nSPS) is 22.9. The molecule has 9 heteroatoms. The van der Waals surface area contributed by atoms with Crippen molar-refractivity contribution < 1.29 is 18.7 Å². The Morgan fingerprint density at radius 2 is 2.17 bits per heavy atom. The second kappa shape index (κ2) is 7.18. The number of benzene rings is 1. The lowest BCUT2D eigenvalue weighted by Crippen LogP contribution is -2.52. The quantitative estimate of drug-likeness (QED) is 0.706. The largest absolute Gasteiger partial charge is 0.432 e. The van der Waals surface area contributed by atoms with Gasteiger partial charge in [-0.2, -0.15) is 0 Å². The van der Waals surface area contributed by atoms with E-state index in [-0.39, 0.29) is 17.8 Å². The van der Waals surface area contributed by atoms with Crippen molar-refractivity contribution in [2.24, 2.45) is 5.92 Å². The molecule has 5 rings (SSSR count). The molecule has 8 nitrogen and oxygen atoms in total. The maximum Gasteiger partial charge on any atom is 0.319 e. The number of fused-ring (bicyclic) bond motifs is 4. The van der Waals surface area contributed by atoms with Crippen LogP contribution in [0.4, 0.5) is 10.5 Å². The minimum Gasteiger partial charge on any atom is -0.432 e. The summed E-state index contributed by atoms with van der Waals surface area (Å²) in [7, 11) is 0. The summed E-state index contributed by atoms with van der Waals surface area (Å²) in [5.74, 6) is -0.0369. The highest BCUT2D eigenvalue weighted by Gasteiger charge is 2.44. The lowest BCUT2D eigenvalue weighted by molar-refractivity contribution is 0.0912. The molecule has 0 unspecified atom stereocenters. The van der Waals surface area contributed by atoms with Gasteiger partial charge in [-0.1, -0.05) is 30.9 Å². The molecule has 3 amide bonds. The number of aromatic nitrogens is 1. The van der Waals surface area contributed by atoms with Gasteiger partial charge in [0.1, 0.15) is 5.52 Å². The molecule has 2 aromatic rings. The zero-order chi connectivity index (χ0) is 20.0. The summed E-state index contributed by atoms with van der Waals surface area (Å²) in [5.41, 5.74) is 1.83. The molecule has 1 atom stereocenters. The van der Waals surface area contributed by atoms with Crippen molar-refractivity contribution in [2.75, 3.05) is 25.1 Å². The molecule has 1 saturated carbocycles. The standard InChI is InChI=1S/C20H23ClN4O4/c21-12-8-13-16(29-18(23-13)17(26)22-9-11-4-7-28-10-11)14-15(12)24-19(27)25-20(14)5-2-1-3-6-20/h8,11H,1-7,9-10H2,(H,22,26)(H2,24,25,27)/t11-/m0/s1. The summed E-state index contributed by atoms with van der Waals surface area (Å²) in [4.78, 5) is 29.3. The smallest absolute Gasteiger partial charge is 0.319 e. The van der Waals surface area contributed by atoms with E-state index in [1.54, 1.807) is 6.07 Å². The molecular weight excluding hydrogens is 396 g/mol. The number of carbonyl (C=O) groups is 2. The van der Waals surface area contributed by atoms with Gasteiger partial charge in [0.2, 0.25) is 0 Å². The van der Waals surface area contributed by atoms with Crippen LogP contribution in [0, 0.1) is 5.92 Å². The van der Waals surface area contributed by atoms with Crippen LogP contribution < -0.4 is 16.0 Å². The number of anilines is 1. The fraction of sp³-hybridized carbons (Fsp3) is 0.550. The van der Waals surface area contributed by atoms with Crippen LogP contribution in [0.2, 0.25) is 5.02 Å². The van der Waals surface area contributed by atoms with Crippen LogP contribution in [0.15, 0.2) is 10.5 Å². The zero-order valence-electron chi connectivity index (χ0n) is 16.0. The monoisotopic (exact) mass is 418 g/mol. The second-order valence-electron chi connectivity index (χ2n) is 8.14. The van der Waals surface area contributed by atoms with Gasteiger partial charge in [-0.15, -0.1) is 0 Å². The van der Waals surface area contributed by atoms with Gasteiger partial charge in [0, 0.05) is 24.6 Å². The van der Waals surface area contributed by atoms with Gasteiger partial charge in [0.15, 0.2) is 5.58 Å². The van der Waals surface area contributed by atoms with Crippen LogP contribution >= 0.6 is 11.6 Å². The first-order chi connectivity index (χ1) is 14.1. The topological polar surface area (TPSA) is 105 Å². The number of hydrogen-bond donors (Lipinski definition) is 3. The van der Waals surface area contributed by atoms with E-state index in [9.17, 15) is 9.59 Å². The van der Waals surface area contributed by atoms with E-state index >= 15 is 0 Å². The third-order valence-electron chi connectivity index (χ3n) is 6.18. The van der Waals surface area contributed by atoms with Gasteiger partial charge >= 0.3 is 11.9 Å². The van der Waals surface area contributed by atoms with Gasteiger partial charge in [0.05, 0.1) is 22.9 Å². The number of hydrogen-bond acceptors (Lipinski definition) is 5. The van der Waals surface area contributed by atoms with E-state index in [0.717, 1.165) is 50.7 Å². The molecule has 2 fully saturated rings. The van der Waals surface area contributed by atoms with Gasteiger partial charge in [0.25, 0.3) is 5.89 Å². The molecule has 1 saturated heterocycles. The van der Waals surface area contributed by atoms with Crippen molar-refractivity contribution in [1.29, 1.82) is 0 Å². The van der Waals surface area contributed by atoms with Gasteiger partial charge < -0.3 is 25.1 Å². The molecular formula is C20H23ClN4O4. The molecule has 3 aliphatic rings. The number of rotatable bonds is 3. The molecule has 154 valence electrons. The van der Waals surface area contributed by atoms with E-state index in [0.29, 0.717) is 40.9 Å². The molecule has 0 radical (unpaired) electrons. The Labute approximate surface area is 172 Å². The molecule has 1 aliphatic carbocycles. The van der Waals surface area contributed by atoms with Gasteiger partial charge in [-0.05, 0) is 25.3 Å². The summed E-state index contributed by atoms with van der Waals surface area (Å²) >= 11 is 6.49. The van der Waals surface area contributed by atoms with Crippen LogP contribution in [-0.4, -0.2) is 36.7 Å². The van der Waals surface area contributed by atoms with Crippen LogP contribution in [0.25, 0.3) is 11.1 Å². The average molecular weight is 419 g/mol. The molecule has 1 aromatic carbocycles. The lowest BCUT2D eigenvalue weighted by Gasteiger charge is -2.42. The third-order valence-corrected chi connectivity index (χ3v) is 6.48. The fourth-order valence-corrected chi connectivity index (χ4v) is 4.97. The van der Waals surface area contributed by atoms with E-state index < -0.39 is 5.54 Å². The van der Waals surface area contributed by atoms with E-state index in [1.165, 1.54) is 0 Å². The second-order valence-corrected chi connectivity index (χ2v) is 8.54. The lowest BCUT2D eigenvalue weighted by atomic mass is 9.74.